The molecule has 0 bridgehead atoms. The van der Waals surface area contributed by atoms with Crippen LogP contribution in [0.3, 0.4) is 0 Å². The van der Waals surface area contributed by atoms with Crippen LogP contribution in [0, 0.1) is 17.3 Å². The molecule has 92 valence electrons. The average Bonchev–Trinajstić information content (AvgIpc) is 2.48. The summed E-state index contributed by atoms with van der Waals surface area (Å²) in [5.74, 6) is -1.72. The Bertz CT molecular complexity index is 351. The molecule has 3 unspecified atom stereocenters. The monoisotopic (exact) mass is 278 g/mol. The highest BCUT2D eigenvalue weighted by Crippen LogP contribution is 2.68. The molecule has 2 fully saturated rings. The average molecular weight is 279 g/mol. The first-order chi connectivity index (χ1) is 7.01. The second-order valence-corrected chi connectivity index (χ2v) is 6.19. The third kappa shape index (κ3) is 1.37. The quantitative estimate of drug-likeness (QED) is 0.545. The minimum Gasteiger partial charge on any atom is -0.458 e. The number of rotatable bonds is 1. The molecule has 1 saturated heterocycles. The van der Waals surface area contributed by atoms with Gasteiger partial charge in [0.05, 0.1) is 5.92 Å². The normalized spacial score (nSPS) is 36.9. The van der Waals surface area contributed by atoms with E-state index in [9.17, 15) is 18.0 Å². The van der Waals surface area contributed by atoms with Gasteiger partial charge in [-0.05, 0) is 5.41 Å². The maximum atomic E-state index is 12.6. The van der Waals surface area contributed by atoms with Crippen LogP contribution in [0.15, 0.2) is 0 Å². The summed E-state index contributed by atoms with van der Waals surface area (Å²) in [5.41, 5.74) is -0.514. The molecular weight excluding hydrogens is 270 g/mol. The number of alkyl halides is 5. The molecule has 2 aliphatic rings. The third-order valence-electron chi connectivity index (χ3n) is 3.47. The fraction of sp³-hybridized carbons (Fsp3) is 0.889. The Morgan fingerprint density at radius 2 is 1.88 bits per heavy atom. The van der Waals surface area contributed by atoms with Crippen molar-refractivity contribution in [1.82, 2.24) is 0 Å². The van der Waals surface area contributed by atoms with E-state index in [0.717, 1.165) is 0 Å². The van der Waals surface area contributed by atoms with Crippen molar-refractivity contribution in [3.63, 3.8) is 0 Å². The molecule has 1 saturated carbocycles. The zero-order valence-corrected chi connectivity index (χ0v) is 9.95. The maximum absolute atomic E-state index is 12.6. The van der Waals surface area contributed by atoms with Gasteiger partial charge in [-0.1, -0.05) is 37.0 Å². The molecule has 0 N–H and O–H groups in total. The van der Waals surface area contributed by atoms with E-state index in [4.69, 9.17) is 23.2 Å². The molecule has 7 heteroatoms. The van der Waals surface area contributed by atoms with Gasteiger partial charge in [-0.15, -0.1) is 0 Å². The number of fused-ring (bicyclic) bond motifs is 1. The Kier molecular flexibility index (Phi) is 2.30. The Morgan fingerprint density at radius 3 is 2.19 bits per heavy atom. The highest BCUT2D eigenvalue weighted by Gasteiger charge is 2.78. The lowest BCUT2D eigenvalue weighted by Crippen LogP contribution is -2.47. The van der Waals surface area contributed by atoms with Crippen LogP contribution in [-0.4, -0.2) is 22.6 Å². The van der Waals surface area contributed by atoms with Crippen molar-refractivity contribution in [3.8, 4) is 0 Å². The first kappa shape index (κ1) is 12.3. The Morgan fingerprint density at radius 1 is 1.38 bits per heavy atom. The molecule has 1 heterocycles. The number of carbonyl (C=O) groups is 1. The van der Waals surface area contributed by atoms with E-state index in [2.05, 4.69) is 4.74 Å². The van der Waals surface area contributed by atoms with Gasteiger partial charge in [0, 0.05) is 5.92 Å². The molecule has 0 radical (unpaired) electrons. The lowest BCUT2D eigenvalue weighted by molar-refractivity contribution is -0.176. The molecule has 0 spiro atoms. The molecule has 2 nitrogen and oxygen atoms in total. The van der Waals surface area contributed by atoms with E-state index in [1.54, 1.807) is 13.8 Å². The molecule has 0 aromatic heterocycles. The van der Waals surface area contributed by atoms with E-state index >= 15 is 0 Å². The van der Waals surface area contributed by atoms with Gasteiger partial charge in [-0.2, -0.15) is 13.2 Å². The van der Waals surface area contributed by atoms with Gasteiger partial charge in [0.25, 0.3) is 0 Å². The van der Waals surface area contributed by atoms with Gasteiger partial charge < -0.3 is 4.74 Å². The van der Waals surface area contributed by atoms with E-state index in [0.29, 0.717) is 0 Å². The topological polar surface area (TPSA) is 26.3 Å². The van der Waals surface area contributed by atoms with Gasteiger partial charge in [-0.25, -0.2) is 0 Å². The van der Waals surface area contributed by atoms with E-state index in [1.165, 1.54) is 0 Å². The fourth-order valence-corrected chi connectivity index (χ4v) is 2.79. The van der Waals surface area contributed by atoms with Crippen molar-refractivity contribution >= 4 is 29.2 Å². The van der Waals surface area contributed by atoms with Crippen LogP contribution in [0.5, 0.6) is 0 Å². The molecule has 1 aliphatic carbocycles. The summed E-state index contributed by atoms with van der Waals surface area (Å²) in [6.07, 6.45) is -6.34. The molecule has 3 atom stereocenters. The Balaban J connectivity index is 2.29. The number of ether oxygens (including phenoxy) is 1. The first-order valence-corrected chi connectivity index (χ1v) is 5.42. The number of esters is 1. The second kappa shape index (κ2) is 2.99. The molecule has 1 aliphatic heterocycles. The van der Waals surface area contributed by atoms with Crippen molar-refractivity contribution in [1.29, 1.82) is 0 Å². The van der Waals surface area contributed by atoms with Gasteiger partial charge in [0.2, 0.25) is 4.33 Å². The van der Waals surface area contributed by atoms with Crippen molar-refractivity contribution in [2.24, 2.45) is 17.3 Å². The number of hydrogen-bond donors (Lipinski definition) is 0. The minimum absolute atomic E-state index is 0.514. The molecular formula is C9H9Cl2F3O2. The largest absolute Gasteiger partial charge is 0.458 e. The third-order valence-corrected chi connectivity index (χ3v) is 4.33. The van der Waals surface area contributed by atoms with Crippen molar-refractivity contribution in [3.05, 3.63) is 0 Å². The number of cyclic esters (lactones) is 1. The smallest absolute Gasteiger partial charge is 0.425 e. The molecule has 0 aromatic carbocycles. The lowest BCUT2D eigenvalue weighted by Gasteiger charge is -2.30. The van der Waals surface area contributed by atoms with Crippen molar-refractivity contribution < 1.29 is 22.7 Å². The number of halogens is 5. The lowest BCUT2D eigenvalue weighted by atomic mass is 10.0. The summed E-state index contributed by atoms with van der Waals surface area (Å²) in [6.45, 7) is 3.41. The van der Waals surface area contributed by atoms with Gasteiger partial charge in [0.1, 0.15) is 6.10 Å². The summed E-state index contributed by atoms with van der Waals surface area (Å²) < 4.78 is 39.4. The van der Waals surface area contributed by atoms with Gasteiger partial charge in [0.15, 0.2) is 0 Å². The summed E-state index contributed by atoms with van der Waals surface area (Å²) in [5, 5.41) is 0. The standard InChI is InChI=1S/C9H9Cl2F3O2/c1-7(2)3-4(7)6(15)16-5(3)8(10,11)9(12,13)14/h3-5H,1-2H3/i4+2. The zero-order chi connectivity index (χ0) is 12.5. The highest BCUT2D eigenvalue weighted by atomic mass is 35.5. The van der Waals surface area contributed by atoms with Crippen LogP contribution in [-0.2, 0) is 9.53 Å². The second-order valence-electron chi connectivity index (χ2n) is 4.80. The van der Waals surface area contributed by atoms with Crippen LogP contribution >= 0.6 is 23.2 Å². The number of carbonyl (C=O) groups excluding carboxylic acids is 1. The summed E-state index contributed by atoms with van der Waals surface area (Å²) >= 11 is 10.6. The summed E-state index contributed by atoms with van der Waals surface area (Å²) in [7, 11) is 0. The van der Waals surface area contributed by atoms with Crippen LogP contribution in [0.1, 0.15) is 13.8 Å². The molecule has 0 amide bonds. The molecule has 2 rings (SSSR count). The zero-order valence-electron chi connectivity index (χ0n) is 8.44. The fourth-order valence-electron chi connectivity index (χ4n) is 2.43. The van der Waals surface area contributed by atoms with E-state index < -0.39 is 39.8 Å². The summed E-state index contributed by atoms with van der Waals surface area (Å²) in [6, 6.07) is 0. The van der Waals surface area contributed by atoms with E-state index in [1.807, 2.05) is 0 Å². The van der Waals surface area contributed by atoms with Crippen LogP contribution in [0.4, 0.5) is 13.2 Å². The predicted molar refractivity (Wildman–Crippen MR) is 51.1 cm³/mol. The van der Waals surface area contributed by atoms with E-state index in [-0.39, 0.29) is 0 Å². The summed E-state index contributed by atoms with van der Waals surface area (Å²) in [4.78, 5) is 11.3. The van der Waals surface area contributed by atoms with Crippen molar-refractivity contribution in [2.45, 2.75) is 30.5 Å². The number of hydrogen-bond acceptors (Lipinski definition) is 2. The van der Waals surface area contributed by atoms with Crippen LogP contribution in [0.2, 0.25) is 0 Å². The first-order valence-electron chi connectivity index (χ1n) is 4.66. The Labute approximate surface area is 100 Å². The predicted octanol–water partition coefficient (Wildman–Crippen LogP) is 2.92. The van der Waals surface area contributed by atoms with Gasteiger partial charge >= 0.3 is 12.1 Å². The van der Waals surface area contributed by atoms with Crippen LogP contribution < -0.4 is 0 Å². The molecule has 16 heavy (non-hydrogen) atoms. The van der Waals surface area contributed by atoms with Gasteiger partial charge in [-0.3, -0.25) is 4.79 Å². The van der Waals surface area contributed by atoms with Crippen LogP contribution in [0.25, 0.3) is 0 Å². The Hall–Kier alpha value is -0.160. The molecule has 0 aromatic rings. The minimum atomic E-state index is -4.82. The SMILES string of the molecule is CC1(C)C2C(C(Cl)(Cl)C(F)(F)F)OC(=O)[14CH]21. The highest BCUT2D eigenvalue weighted by molar-refractivity contribution is 6.49. The van der Waals surface area contributed by atoms with Crippen molar-refractivity contribution in [2.75, 3.05) is 0 Å². The maximum Gasteiger partial charge on any atom is 0.425 e.